The smallest absolute Gasteiger partial charge is 0.00879 e. The third-order valence-corrected chi connectivity index (χ3v) is 8.57. The Morgan fingerprint density at radius 3 is 2.52 bits per heavy atom. The van der Waals surface area contributed by atoms with Crippen LogP contribution in [0.5, 0.6) is 0 Å². The molecule has 4 aliphatic carbocycles. The molecular weight excluding hydrogens is 252 g/mol. The van der Waals surface area contributed by atoms with E-state index in [9.17, 15) is 0 Å². The van der Waals surface area contributed by atoms with Crippen molar-refractivity contribution in [1.82, 2.24) is 0 Å². The van der Waals surface area contributed by atoms with E-state index in [1.54, 1.807) is 5.57 Å². The van der Waals surface area contributed by atoms with E-state index in [2.05, 4.69) is 27.0 Å². The Bertz CT molecular complexity index is 486. The molecule has 116 valence electrons. The van der Waals surface area contributed by atoms with E-state index < -0.39 is 0 Å². The Balaban J connectivity index is 1.65. The maximum atomic E-state index is 4.45. The first-order valence-electron chi connectivity index (χ1n) is 9.30. The van der Waals surface area contributed by atoms with Crippen LogP contribution in [-0.2, 0) is 0 Å². The van der Waals surface area contributed by atoms with Gasteiger partial charge in [-0.3, -0.25) is 0 Å². The van der Waals surface area contributed by atoms with E-state index in [0.717, 1.165) is 23.7 Å². The minimum atomic E-state index is 0.489. The first-order chi connectivity index (χ1) is 9.95. The summed E-state index contributed by atoms with van der Waals surface area (Å²) in [5, 5.41) is 0. The summed E-state index contributed by atoms with van der Waals surface area (Å²) >= 11 is 0. The van der Waals surface area contributed by atoms with Gasteiger partial charge in [0.15, 0.2) is 0 Å². The molecule has 0 saturated heterocycles. The molecule has 0 radical (unpaired) electrons. The average molecular weight is 284 g/mol. The Morgan fingerprint density at radius 1 is 0.905 bits per heavy atom. The molecule has 0 heteroatoms. The molecule has 0 aromatic heterocycles. The van der Waals surface area contributed by atoms with Crippen molar-refractivity contribution in [1.29, 1.82) is 0 Å². The van der Waals surface area contributed by atoms with E-state index in [1.807, 2.05) is 0 Å². The molecule has 6 atom stereocenters. The second kappa shape index (κ2) is 4.49. The van der Waals surface area contributed by atoms with Crippen molar-refractivity contribution < 1.29 is 0 Å². The molecule has 0 N–H and O–H groups in total. The highest BCUT2D eigenvalue weighted by atomic mass is 14.6. The summed E-state index contributed by atoms with van der Waals surface area (Å²) in [7, 11) is 0. The van der Waals surface area contributed by atoms with Crippen LogP contribution in [0.3, 0.4) is 0 Å². The number of allylic oxidation sites excluding steroid dienone is 2. The number of hydrogen-bond donors (Lipinski definition) is 0. The van der Waals surface area contributed by atoms with Crippen LogP contribution in [0.1, 0.15) is 71.6 Å². The van der Waals surface area contributed by atoms with Crippen LogP contribution in [-0.4, -0.2) is 0 Å². The van der Waals surface area contributed by atoms with Crippen LogP contribution < -0.4 is 0 Å². The second-order valence-corrected chi connectivity index (χ2v) is 9.21. The molecule has 0 spiro atoms. The molecule has 0 aliphatic heterocycles. The fourth-order valence-corrected chi connectivity index (χ4v) is 7.06. The van der Waals surface area contributed by atoms with E-state index in [4.69, 9.17) is 0 Å². The topological polar surface area (TPSA) is 0 Å². The van der Waals surface area contributed by atoms with Crippen LogP contribution in [0.25, 0.3) is 0 Å². The highest BCUT2D eigenvalue weighted by Crippen LogP contribution is 2.67. The molecule has 0 aromatic carbocycles. The lowest BCUT2D eigenvalue weighted by molar-refractivity contribution is -0.0903. The van der Waals surface area contributed by atoms with E-state index in [-0.39, 0.29) is 0 Å². The van der Waals surface area contributed by atoms with Crippen LogP contribution >= 0.6 is 0 Å². The highest BCUT2D eigenvalue weighted by Gasteiger charge is 2.58. The molecular formula is C21H32. The Kier molecular flexibility index (Phi) is 3.02. The summed E-state index contributed by atoms with van der Waals surface area (Å²) in [5.41, 5.74) is 4.22. The monoisotopic (exact) mass is 284 g/mol. The summed E-state index contributed by atoms with van der Waals surface area (Å²) in [6.07, 6.45) is 12.6. The van der Waals surface area contributed by atoms with Gasteiger partial charge in [0.05, 0.1) is 0 Å². The van der Waals surface area contributed by atoms with Gasteiger partial charge in [0, 0.05) is 0 Å². The van der Waals surface area contributed by atoms with Crippen LogP contribution in [0, 0.1) is 34.5 Å². The molecule has 0 nitrogen and oxygen atoms in total. The largest absolute Gasteiger partial charge is 0.0999 e. The molecule has 4 fully saturated rings. The quantitative estimate of drug-likeness (QED) is 0.469. The van der Waals surface area contributed by atoms with Crippen molar-refractivity contribution >= 4 is 0 Å². The summed E-state index contributed by atoms with van der Waals surface area (Å²) in [5.74, 6) is 3.88. The predicted octanol–water partition coefficient (Wildman–Crippen LogP) is 6.14. The number of fused-ring (bicyclic) bond motifs is 5. The number of rotatable bonds is 0. The van der Waals surface area contributed by atoms with Crippen molar-refractivity contribution in [3.63, 3.8) is 0 Å². The Labute approximate surface area is 131 Å². The lowest BCUT2D eigenvalue weighted by atomic mass is 9.45. The Hall–Kier alpha value is -0.520. The fraction of sp³-hybridized carbons (Fsp3) is 0.810. The van der Waals surface area contributed by atoms with E-state index >= 15 is 0 Å². The highest BCUT2D eigenvalue weighted by molar-refractivity contribution is 5.22. The van der Waals surface area contributed by atoms with Crippen LogP contribution in [0.2, 0.25) is 0 Å². The summed E-state index contributed by atoms with van der Waals surface area (Å²) in [6, 6.07) is 0. The molecule has 0 amide bonds. The minimum absolute atomic E-state index is 0.489. The Morgan fingerprint density at radius 2 is 1.71 bits per heavy atom. The maximum Gasteiger partial charge on any atom is -0.00879 e. The molecule has 0 bridgehead atoms. The van der Waals surface area contributed by atoms with Gasteiger partial charge >= 0.3 is 0 Å². The first kappa shape index (κ1) is 14.1. The van der Waals surface area contributed by atoms with Crippen LogP contribution in [0.4, 0.5) is 0 Å². The van der Waals surface area contributed by atoms with Gasteiger partial charge in [0.25, 0.3) is 0 Å². The van der Waals surface area contributed by atoms with Crippen molar-refractivity contribution in [2.45, 2.75) is 71.6 Å². The molecule has 0 heterocycles. The fourth-order valence-electron chi connectivity index (χ4n) is 7.06. The van der Waals surface area contributed by atoms with Crippen molar-refractivity contribution in [2.75, 3.05) is 0 Å². The van der Waals surface area contributed by atoms with Gasteiger partial charge in [-0.2, -0.15) is 0 Å². The molecule has 4 saturated carbocycles. The molecule has 4 aliphatic rings. The van der Waals surface area contributed by atoms with E-state index in [1.165, 1.54) is 63.4 Å². The molecule has 6 unspecified atom stereocenters. The van der Waals surface area contributed by atoms with Crippen molar-refractivity contribution in [2.24, 2.45) is 34.5 Å². The van der Waals surface area contributed by atoms with Gasteiger partial charge in [-0.05, 0) is 92.3 Å². The first-order valence-corrected chi connectivity index (χ1v) is 9.30. The molecule has 4 rings (SSSR count). The zero-order chi connectivity index (χ0) is 14.8. The summed E-state index contributed by atoms with van der Waals surface area (Å²) in [4.78, 5) is 0. The lowest BCUT2D eigenvalue weighted by Gasteiger charge is -2.60. The van der Waals surface area contributed by atoms with Gasteiger partial charge in [-0.1, -0.05) is 38.2 Å². The average Bonchev–Trinajstić information content (AvgIpc) is 2.76. The van der Waals surface area contributed by atoms with Crippen LogP contribution in [0.15, 0.2) is 24.3 Å². The predicted molar refractivity (Wildman–Crippen MR) is 90.0 cm³/mol. The van der Waals surface area contributed by atoms with Gasteiger partial charge in [-0.25, -0.2) is 0 Å². The van der Waals surface area contributed by atoms with Gasteiger partial charge < -0.3 is 0 Å². The van der Waals surface area contributed by atoms with Gasteiger partial charge in [-0.15, -0.1) is 0 Å². The lowest BCUT2D eigenvalue weighted by Crippen LogP contribution is -2.52. The SMILES string of the molecule is C=C1CCC2(C)C(CCC3C4CCC(=C)C4(C)CCC32)C1. The second-order valence-electron chi connectivity index (χ2n) is 9.21. The summed E-state index contributed by atoms with van der Waals surface area (Å²) in [6.45, 7) is 13.9. The zero-order valence-corrected chi connectivity index (χ0v) is 14.1. The minimum Gasteiger partial charge on any atom is -0.0999 e. The van der Waals surface area contributed by atoms with Gasteiger partial charge in [0.2, 0.25) is 0 Å². The molecule has 0 aromatic rings. The maximum absolute atomic E-state index is 4.45. The standard InChI is InChI=1S/C21H32/c1-14-9-11-21(4)16(13-14)6-7-17-18-8-5-15(2)20(18,3)12-10-19(17)21/h16-19H,1-2,5-13H2,3-4H3. The van der Waals surface area contributed by atoms with Crippen molar-refractivity contribution in [3.8, 4) is 0 Å². The molecule has 21 heavy (non-hydrogen) atoms. The third-order valence-electron chi connectivity index (χ3n) is 8.57. The van der Waals surface area contributed by atoms with Crippen molar-refractivity contribution in [3.05, 3.63) is 24.3 Å². The third kappa shape index (κ3) is 1.80. The normalized spacial score (nSPS) is 53.0. The number of hydrogen-bond acceptors (Lipinski definition) is 0. The van der Waals surface area contributed by atoms with E-state index in [0.29, 0.717) is 10.8 Å². The van der Waals surface area contributed by atoms with Gasteiger partial charge in [0.1, 0.15) is 0 Å². The summed E-state index contributed by atoms with van der Waals surface area (Å²) < 4.78 is 0. The zero-order valence-electron chi connectivity index (χ0n) is 14.1.